The fraction of sp³-hybridized carbons (Fsp3) is 1.00. The molecule has 0 radical (unpaired) electrons. The number of hydrogen-bond donors (Lipinski definition) is 7. The molecule has 1 saturated heterocycles. The summed E-state index contributed by atoms with van der Waals surface area (Å²) in [6, 6.07) is 0. The highest BCUT2D eigenvalue weighted by molar-refractivity contribution is 7.47. The largest absolute Gasteiger partial charge is 0.472 e. The summed E-state index contributed by atoms with van der Waals surface area (Å²) in [6.45, 7) is -0.271. The van der Waals surface area contributed by atoms with Gasteiger partial charge in [-0.25, -0.2) is 4.57 Å². The van der Waals surface area contributed by atoms with Crippen molar-refractivity contribution in [3.05, 3.63) is 0 Å². The summed E-state index contributed by atoms with van der Waals surface area (Å²) in [4.78, 5) is 9.31. The van der Waals surface area contributed by atoms with Gasteiger partial charge in [0.1, 0.15) is 36.6 Å². The second-order valence-electron chi connectivity index (χ2n) is 5.76. The van der Waals surface area contributed by atoms with Crippen molar-refractivity contribution < 1.29 is 58.6 Å². The molecule has 1 aliphatic heterocycles. The first kappa shape index (κ1) is 23.8. The van der Waals surface area contributed by atoms with Crippen molar-refractivity contribution in [2.45, 2.75) is 56.3 Å². The first-order valence-electron chi connectivity index (χ1n) is 8.03. The molecule has 1 fully saturated rings. The van der Waals surface area contributed by atoms with Crippen molar-refractivity contribution in [1.82, 2.24) is 0 Å². The van der Waals surface area contributed by atoms with Crippen LogP contribution in [0.3, 0.4) is 0 Å². The number of ether oxygens (including phenoxy) is 2. The zero-order chi connectivity index (χ0) is 19.9. The van der Waals surface area contributed by atoms with Crippen molar-refractivity contribution >= 4 is 7.82 Å². The molecule has 8 atom stereocenters. The summed E-state index contributed by atoms with van der Waals surface area (Å²) in [5.41, 5.74) is 0. The van der Waals surface area contributed by atoms with E-state index in [2.05, 4.69) is 9.05 Å². The minimum absolute atomic E-state index is 0.0344. The van der Waals surface area contributed by atoms with E-state index < -0.39 is 70.6 Å². The van der Waals surface area contributed by atoms with Gasteiger partial charge in [0.15, 0.2) is 6.29 Å². The minimum atomic E-state index is -4.38. The van der Waals surface area contributed by atoms with E-state index in [9.17, 15) is 35.0 Å². The van der Waals surface area contributed by atoms with E-state index in [0.717, 1.165) is 0 Å². The summed E-state index contributed by atoms with van der Waals surface area (Å²) in [5, 5.41) is 57.5. The van der Waals surface area contributed by atoms with E-state index in [-0.39, 0.29) is 6.61 Å². The molecule has 12 nitrogen and oxygen atoms in total. The second-order valence-corrected chi connectivity index (χ2v) is 7.22. The smallest absolute Gasteiger partial charge is 0.394 e. The predicted octanol–water partition coefficient (Wildman–Crippen LogP) is -2.93. The van der Waals surface area contributed by atoms with Gasteiger partial charge in [-0.15, -0.1) is 0 Å². The Kier molecular flexibility index (Phi) is 10.0. The Bertz CT molecular complexity index is 451. The summed E-state index contributed by atoms with van der Waals surface area (Å²) in [7, 11) is -4.38. The summed E-state index contributed by atoms with van der Waals surface area (Å²) in [5.74, 6) is 0. The molecule has 0 amide bonds. The zero-order valence-electron chi connectivity index (χ0n) is 14.2. The van der Waals surface area contributed by atoms with Crippen molar-refractivity contribution in [3.63, 3.8) is 0 Å². The lowest BCUT2D eigenvalue weighted by Crippen LogP contribution is -2.43. The molecule has 0 aliphatic carbocycles. The molecule has 13 heteroatoms. The molecule has 1 rings (SSSR count). The number of aliphatic hydroxyl groups excluding tert-OH is 6. The Balaban J connectivity index is 2.39. The van der Waals surface area contributed by atoms with Gasteiger partial charge in [0.05, 0.1) is 26.4 Å². The zero-order valence-corrected chi connectivity index (χ0v) is 15.1. The lowest BCUT2D eigenvalue weighted by molar-refractivity contribution is -0.194. The van der Waals surface area contributed by atoms with E-state index >= 15 is 0 Å². The molecular weight excluding hydrogens is 379 g/mol. The Labute approximate surface area is 150 Å². The van der Waals surface area contributed by atoms with Crippen LogP contribution in [-0.4, -0.2) is 105 Å². The minimum Gasteiger partial charge on any atom is -0.394 e. The van der Waals surface area contributed by atoms with Crippen LogP contribution < -0.4 is 0 Å². The number of aliphatic hydroxyl groups is 6. The molecule has 0 bridgehead atoms. The van der Waals surface area contributed by atoms with Crippen LogP contribution in [0.1, 0.15) is 13.3 Å². The van der Waals surface area contributed by atoms with E-state index in [0.29, 0.717) is 6.42 Å². The lowest BCUT2D eigenvalue weighted by atomic mass is 10.1. The topological polar surface area (TPSA) is 196 Å². The second kappa shape index (κ2) is 11.0. The Morgan fingerprint density at radius 1 is 1.08 bits per heavy atom. The van der Waals surface area contributed by atoms with E-state index in [1.54, 1.807) is 6.92 Å². The van der Waals surface area contributed by atoms with Crippen LogP contribution in [-0.2, 0) is 23.1 Å². The van der Waals surface area contributed by atoms with Gasteiger partial charge in [0.2, 0.25) is 0 Å². The third kappa shape index (κ3) is 7.08. The predicted molar refractivity (Wildman–Crippen MR) is 83.8 cm³/mol. The Morgan fingerprint density at radius 2 is 1.69 bits per heavy atom. The van der Waals surface area contributed by atoms with Crippen LogP contribution in [0.15, 0.2) is 0 Å². The summed E-state index contributed by atoms with van der Waals surface area (Å²) >= 11 is 0. The molecule has 26 heavy (non-hydrogen) atoms. The third-order valence-corrected chi connectivity index (χ3v) is 4.57. The van der Waals surface area contributed by atoms with Gasteiger partial charge in [-0.3, -0.25) is 9.05 Å². The van der Waals surface area contributed by atoms with Crippen molar-refractivity contribution in [3.8, 4) is 0 Å². The van der Waals surface area contributed by atoms with Crippen LogP contribution in [0.5, 0.6) is 0 Å². The van der Waals surface area contributed by atoms with Gasteiger partial charge < -0.3 is 45.0 Å². The normalized spacial score (nSPS) is 32.2. The van der Waals surface area contributed by atoms with Gasteiger partial charge in [-0.1, -0.05) is 6.92 Å². The van der Waals surface area contributed by atoms with Crippen molar-refractivity contribution in [2.75, 3.05) is 26.4 Å². The van der Waals surface area contributed by atoms with Gasteiger partial charge in [-0.05, 0) is 6.42 Å². The highest BCUT2D eigenvalue weighted by Crippen LogP contribution is 2.43. The molecule has 0 aromatic carbocycles. The van der Waals surface area contributed by atoms with Gasteiger partial charge >= 0.3 is 7.82 Å². The van der Waals surface area contributed by atoms with E-state index in [1.807, 2.05) is 0 Å². The first-order chi connectivity index (χ1) is 12.1. The number of rotatable bonds is 12. The third-order valence-electron chi connectivity index (χ3n) is 3.59. The lowest BCUT2D eigenvalue weighted by Gasteiger charge is -2.25. The molecule has 8 unspecified atom stereocenters. The average Bonchev–Trinajstić information content (AvgIpc) is 2.89. The molecule has 0 saturated carbocycles. The number of phosphoric acid groups is 1. The fourth-order valence-corrected chi connectivity index (χ4v) is 2.89. The molecule has 156 valence electrons. The number of phosphoric ester groups is 1. The molecule has 0 aromatic rings. The summed E-state index contributed by atoms with van der Waals surface area (Å²) in [6.07, 6.45) is -9.99. The van der Waals surface area contributed by atoms with Crippen molar-refractivity contribution in [2.24, 2.45) is 0 Å². The maximum absolute atomic E-state index is 11.4. The van der Waals surface area contributed by atoms with Crippen molar-refractivity contribution in [1.29, 1.82) is 0 Å². The SMILES string of the molecule is CCCOP(=O)(O)OCC(O)C(O)C(O)COC1OC(CO)C(O)C1O. The molecule has 0 spiro atoms. The van der Waals surface area contributed by atoms with Crippen LogP contribution in [0, 0.1) is 0 Å². The highest BCUT2D eigenvalue weighted by Gasteiger charge is 2.43. The Morgan fingerprint density at radius 3 is 2.23 bits per heavy atom. The van der Waals surface area contributed by atoms with E-state index in [4.69, 9.17) is 14.6 Å². The molecule has 1 aliphatic rings. The van der Waals surface area contributed by atoms with Crippen LogP contribution in [0.4, 0.5) is 0 Å². The maximum atomic E-state index is 11.4. The monoisotopic (exact) mass is 406 g/mol. The van der Waals surface area contributed by atoms with Crippen LogP contribution >= 0.6 is 7.82 Å². The molecule has 0 aromatic heterocycles. The van der Waals surface area contributed by atoms with Gasteiger partial charge in [0.25, 0.3) is 0 Å². The molecular formula is C13H27O12P. The standard InChI is InChI=1S/C13H27O12P/c1-2-3-23-26(20,21)24-6-8(16)10(17)7(15)5-22-13-12(19)11(18)9(4-14)25-13/h7-19H,2-6H2,1H3,(H,20,21). The summed E-state index contributed by atoms with van der Waals surface area (Å²) < 4.78 is 30.5. The quantitative estimate of drug-likeness (QED) is 0.163. The number of hydrogen-bond acceptors (Lipinski definition) is 11. The highest BCUT2D eigenvalue weighted by atomic mass is 31.2. The van der Waals surface area contributed by atoms with Gasteiger partial charge in [-0.2, -0.15) is 0 Å². The molecule has 7 N–H and O–H groups in total. The average molecular weight is 406 g/mol. The van der Waals surface area contributed by atoms with Crippen LogP contribution in [0.2, 0.25) is 0 Å². The van der Waals surface area contributed by atoms with Crippen LogP contribution in [0.25, 0.3) is 0 Å². The van der Waals surface area contributed by atoms with Gasteiger partial charge in [0, 0.05) is 0 Å². The van der Waals surface area contributed by atoms with E-state index in [1.165, 1.54) is 0 Å². The Hall–Kier alpha value is -0.210. The maximum Gasteiger partial charge on any atom is 0.472 e. The molecule has 1 heterocycles. The first-order valence-corrected chi connectivity index (χ1v) is 9.52. The fourth-order valence-electron chi connectivity index (χ4n) is 2.06.